The Balaban J connectivity index is 2.71. The Kier molecular flexibility index (Phi) is 5.11. The van der Waals surface area contributed by atoms with Gasteiger partial charge in [0, 0.05) is 13.2 Å². The van der Waals surface area contributed by atoms with Gasteiger partial charge in [0.25, 0.3) is 5.56 Å². The minimum absolute atomic E-state index is 0.133. The van der Waals surface area contributed by atoms with Crippen molar-refractivity contribution in [3.8, 4) is 18.2 Å². The third-order valence-electron chi connectivity index (χ3n) is 2.87. The normalized spacial score (nSPS) is 10.8. The Labute approximate surface area is 134 Å². The zero-order valence-corrected chi connectivity index (χ0v) is 12.9. The van der Waals surface area contributed by atoms with Crippen molar-refractivity contribution in [1.82, 2.24) is 4.57 Å². The van der Waals surface area contributed by atoms with E-state index in [9.17, 15) is 4.79 Å². The summed E-state index contributed by atoms with van der Waals surface area (Å²) >= 11 is 1.02. The van der Waals surface area contributed by atoms with Crippen LogP contribution in [0.2, 0.25) is 0 Å². The van der Waals surface area contributed by atoms with Crippen LogP contribution in [0.1, 0.15) is 11.5 Å². The quantitative estimate of drug-likeness (QED) is 0.783. The van der Waals surface area contributed by atoms with Crippen LogP contribution in [0.5, 0.6) is 0 Å². The van der Waals surface area contributed by atoms with Crippen LogP contribution in [0.4, 0.5) is 0 Å². The lowest BCUT2D eigenvalue weighted by Crippen LogP contribution is -2.33. The van der Waals surface area contributed by atoms with E-state index in [1.165, 1.54) is 23.8 Å². The lowest BCUT2D eigenvalue weighted by Gasteiger charge is -1.99. The van der Waals surface area contributed by atoms with Gasteiger partial charge in [-0.05, 0) is 12.1 Å². The molecule has 114 valence electrons. The summed E-state index contributed by atoms with van der Waals surface area (Å²) in [7, 11) is 1.50. The van der Waals surface area contributed by atoms with Gasteiger partial charge in [0.1, 0.15) is 28.6 Å². The summed E-state index contributed by atoms with van der Waals surface area (Å²) in [6.07, 6.45) is 1.48. The van der Waals surface area contributed by atoms with Crippen LogP contribution in [-0.2, 0) is 11.3 Å². The van der Waals surface area contributed by atoms with Crippen LogP contribution in [0, 0.1) is 34.0 Å². The van der Waals surface area contributed by atoms with E-state index in [4.69, 9.17) is 24.9 Å². The monoisotopic (exact) mass is 326 g/mol. The zero-order valence-electron chi connectivity index (χ0n) is 12.1. The number of thiazole rings is 1. The first-order chi connectivity index (χ1) is 11.1. The van der Waals surface area contributed by atoms with Crippen LogP contribution in [0.3, 0.4) is 0 Å². The van der Waals surface area contributed by atoms with Gasteiger partial charge in [-0.3, -0.25) is 9.36 Å². The molecule has 0 spiro atoms. The van der Waals surface area contributed by atoms with Crippen LogP contribution in [0.15, 0.2) is 21.3 Å². The third kappa shape index (κ3) is 3.38. The van der Waals surface area contributed by atoms with Crippen LogP contribution < -0.4 is 14.8 Å². The van der Waals surface area contributed by atoms with E-state index in [1.54, 1.807) is 18.2 Å². The van der Waals surface area contributed by atoms with Gasteiger partial charge in [0.2, 0.25) is 5.76 Å². The Hall–Kier alpha value is -3.12. The summed E-state index contributed by atoms with van der Waals surface area (Å²) in [5, 5.41) is 26.8. The van der Waals surface area contributed by atoms with Crippen LogP contribution in [0.25, 0.3) is 11.6 Å². The predicted octanol–water partition coefficient (Wildman–Crippen LogP) is 0.0475. The summed E-state index contributed by atoms with van der Waals surface area (Å²) in [6.45, 7) is 0.496. The molecule has 0 saturated carbocycles. The molecular formula is C15H10N4O3S. The molecule has 0 bridgehead atoms. The van der Waals surface area contributed by atoms with E-state index >= 15 is 0 Å². The SMILES string of the molecule is COCCn1c(=C(C#N)C#N)sc(=Cc2ccc(C#N)o2)c1=O. The highest BCUT2D eigenvalue weighted by Gasteiger charge is 2.09. The molecule has 0 N–H and O–H groups in total. The van der Waals surface area contributed by atoms with Gasteiger partial charge < -0.3 is 9.15 Å². The molecule has 7 nitrogen and oxygen atoms in total. The number of furan rings is 1. The number of rotatable bonds is 4. The number of hydrogen-bond acceptors (Lipinski definition) is 7. The zero-order chi connectivity index (χ0) is 16.8. The average molecular weight is 326 g/mol. The molecule has 0 unspecified atom stereocenters. The molecule has 2 aromatic heterocycles. The summed E-state index contributed by atoms with van der Waals surface area (Å²) in [6, 6.07) is 8.49. The van der Waals surface area contributed by atoms with Gasteiger partial charge >= 0.3 is 0 Å². The Morgan fingerprint density at radius 2 is 2.13 bits per heavy atom. The maximum absolute atomic E-state index is 12.5. The predicted molar refractivity (Wildman–Crippen MR) is 81.3 cm³/mol. The molecule has 2 heterocycles. The highest BCUT2D eigenvalue weighted by Crippen LogP contribution is 2.06. The molecule has 0 radical (unpaired) electrons. The number of aromatic nitrogens is 1. The van der Waals surface area contributed by atoms with Gasteiger partial charge in [-0.2, -0.15) is 15.8 Å². The van der Waals surface area contributed by atoms with E-state index in [2.05, 4.69) is 0 Å². The summed E-state index contributed by atoms with van der Waals surface area (Å²) in [4.78, 5) is 12.5. The molecule has 8 heteroatoms. The van der Waals surface area contributed by atoms with Crippen molar-refractivity contribution < 1.29 is 9.15 Å². The van der Waals surface area contributed by atoms with Gasteiger partial charge in [0.05, 0.1) is 17.7 Å². The minimum atomic E-state index is -0.347. The number of hydrogen-bond donors (Lipinski definition) is 0. The van der Waals surface area contributed by atoms with Crippen molar-refractivity contribution in [3.63, 3.8) is 0 Å². The molecule has 0 aromatic carbocycles. The number of ether oxygens (including phenoxy) is 1. The van der Waals surface area contributed by atoms with E-state index < -0.39 is 0 Å². The van der Waals surface area contributed by atoms with Gasteiger partial charge in [0.15, 0.2) is 5.57 Å². The fraction of sp³-hybridized carbons (Fsp3) is 0.200. The Morgan fingerprint density at radius 3 is 2.70 bits per heavy atom. The lowest BCUT2D eigenvalue weighted by molar-refractivity contribution is 0.186. The molecular weight excluding hydrogens is 316 g/mol. The molecule has 0 saturated heterocycles. The number of methoxy groups -OCH3 is 1. The molecule has 0 aliphatic rings. The summed E-state index contributed by atoms with van der Waals surface area (Å²) < 4.78 is 12.1. The minimum Gasteiger partial charge on any atom is -0.446 e. The molecule has 0 aliphatic carbocycles. The van der Waals surface area contributed by atoms with Crippen LogP contribution >= 0.6 is 11.3 Å². The van der Waals surface area contributed by atoms with E-state index in [0.29, 0.717) is 10.3 Å². The fourth-order valence-electron chi connectivity index (χ4n) is 1.83. The van der Waals surface area contributed by atoms with Gasteiger partial charge in [-0.25, -0.2) is 0 Å². The van der Waals surface area contributed by atoms with Crippen molar-refractivity contribution in [2.24, 2.45) is 0 Å². The summed E-state index contributed by atoms with van der Waals surface area (Å²) in [5.74, 6) is 0.481. The maximum atomic E-state index is 12.5. The van der Waals surface area contributed by atoms with Gasteiger partial charge in [-0.15, -0.1) is 11.3 Å². The fourth-order valence-corrected chi connectivity index (χ4v) is 2.89. The van der Waals surface area contributed by atoms with Crippen LogP contribution in [-0.4, -0.2) is 18.3 Å². The number of nitrogens with zero attached hydrogens (tertiary/aromatic N) is 4. The largest absolute Gasteiger partial charge is 0.446 e. The van der Waals surface area contributed by atoms with Crippen molar-refractivity contribution in [1.29, 1.82) is 15.8 Å². The highest BCUT2D eigenvalue weighted by atomic mass is 32.1. The molecule has 0 fully saturated rings. The van der Waals surface area contributed by atoms with Crippen molar-refractivity contribution >= 4 is 23.0 Å². The molecule has 23 heavy (non-hydrogen) atoms. The van der Waals surface area contributed by atoms with Crippen molar-refractivity contribution in [3.05, 3.63) is 43.2 Å². The highest BCUT2D eigenvalue weighted by molar-refractivity contribution is 7.07. The molecule has 2 rings (SSSR count). The second-order valence-corrected chi connectivity index (χ2v) is 5.31. The maximum Gasteiger partial charge on any atom is 0.269 e. The van der Waals surface area contributed by atoms with E-state index in [-0.39, 0.29) is 34.7 Å². The molecule has 0 aliphatic heterocycles. The topological polar surface area (TPSA) is 116 Å². The second kappa shape index (κ2) is 7.24. The molecule has 2 aromatic rings. The first-order valence-electron chi connectivity index (χ1n) is 6.39. The first kappa shape index (κ1) is 16.3. The average Bonchev–Trinajstić information content (AvgIpc) is 3.13. The number of nitriles is 3. The van der Waals surface area contributed by atoms with Gasteiger partial charge in [-0.1, -0.05) is 0 Å². The molecule has 0 atom stereocenters. The Morgan fingerprint density at radius 1 is 1.39 bits per heavy atom. The van der Waals surface area contributed by atoms with E-state index in [0.717, 1.165) is 11.3 Å². The Bertz CT molecular complexity index is 1010. The summed E-state index contributed by atoms with van der Waals surface area (Å²) in [5.41, 5.74) is -0.486. The first-order valence-corrected chi connectivity index (χ1v) is 7.21. The third-order valence-corrected chi connectivity index (χ3v) is 4.00. The van der Waals surface area contributed by atoms with Crippen molar-refractivity contribution in [2.75, 3.05) is 13.7 Å². The van der Waals surface area contributed by atoms with E-state index in [1.807, 2.05) is 6.07 Å². The lowest BCUT2D eigenvalue weighted by atomic mass is 10.3. The second-order valence-electron chi connectivity index (χ2n) is 4.28. The standard InChI is InChI=1S/C15H10N4O3S/c1-21-5-4-19-14(20)13(23-15(19)10(7-16)8-17)6-11-2-3-12(9-18)22-11/h2-3,6H,4-5H2,1H3. The smallest absolute Gasteiger partial charge is 0.269 e. The molecule has 0 amide bonds. The van der Waals surface area contributed by atoms with Crippen molar-refractivity contribution in [2.45, 2.75) is 6.54 Å².